The molecule has 0 bridgehead atoms. The van der Waals surface area contributed by atoms with Gasteiger partial charge in [0.25, 0.3) is 0 Å². The van der Waals surface area contributed by atoms with Gasteiger partial charge in [0.1, 0.15) is 6.04 Å². The second-order valence-corrected chi connectivity index (χ2v) is 6.32. The Morgan fingerprint density at radius 2 is 2.11 bits per heavy atom. The van der Waals surface area contributed by atoms with E-state index >= 15 is 0 Å². The minimum atomic E-state index is -4.25. The number of hydrogen-bond donors (Lipinski definition) is 1. The zero-order chi connectivity index (χ0) is 14.0. The maximum atomic E-state index is 12.0. The number of rotatable bonds is 4. The van der Waals surface area contributed by atoms with Gasteiger partial charge in [-0.25, -0.2) is 0 Å². The van der Waals surface area contributed by atoms with Crippen molar-refractivity contribution >= 4 is 17.7 Å². The molecular formula is C11H18F3NO2S. The molecule has 7 heteroatoms. The quantitative estimate of drug-likeness (QED) is 0.862. The van der Waals surface area contributed by atoms with E-state index in [0.29, 0.717) is 6.54 Å². The van der Waals surface area contributed by atoms with Crippen LogP contribution in [-0.4, -0.2) is 46.4 Å². The summed E-state index contributed by atoms with van der Waals surface area (Å²) in [6.07, 6.45) is 1.61. The summed E-state index contributed by atoms with van der Waals surface area (Å²) in [7, 11) is 0. The van der Waals surface area contributed by atoms with Crippen molar-refractivity contribution in [2.24, 2.45) is 5.41 Å². The van der Waals surface area contributed by atoms with Crippen molar-refractivity contribution in [2.45, 2.75) is 38.2 Å². The summed E-state index contributed by atoms with van der Waals surface area (Å²) < 4.78 is 36.1. The van der Waals surface area contributed by atoms with Gasteiger partial charge >= 0.3 is 11.5 Å². The molecule has 1 atom stereocenters. The minimum absolute atomic E-state index is 0.0935. The first-order chi connectivity index (χ1) is 8.13. The molecule has 0 aliphatic carbocycles. The highest BCUT2D eigenvalue weighted by molar-refractivity contribution is 8.00. The Labute approximate surface area is 109 Å². The summed E-state index contributed by atoms with van der Waals surface area (Å²) in [4.78, 5) is 12.9. The molecule has 0 aromatic carbocycles. The fourth-order valence-corrected chi connectivity index (χ4v) is 3.07. The molecule has 1 heterocycles. The molecule has 1 saturated heterocycles. The van der Waals surface area contributed by atoms with Crippen LogP contribution in [0.25, 0.3) is 0 Å². The van der Waals surface area contributed by atoms with Gasteiger partial charge in [0, 0.05) is 12.3 Å². The maximum Gasteiger partial charge on any atom is 0.441 e. The van der Waals surface area contributed by atoms with E-state index in [2.05, 4.69) is 0 Å². The van der Waals surface area contributed by atoms with Crippen molar-refractivity contribution in [3.63, 3.8) is 0 Å². The lowest BCUT2D eigenvalue weighted by molar-refractivity contribution is -0.150. The van der Waals surface area contributed by atoms with Crippen LogP contribution in [0.5, 0.6) is 0 Å². The molecule has 1 rings (SSSR count). The second kappa shape index (κ2) is 5.69. The van der Waals surface area contributed by atoms with Crippen LogP contribution in [0.4, 0.5) is 13.2 Å². The zero-order valence-corrected chi connectivity index (χ0v) is 11.3. The molecule has 0 aromatic heterocycles. The van der Waals surface area contributed by atoms with E-state index in [9.17, 15) is 23.1 Å². The van der Waals surface area contributed by atoms with Crippen LogP contribution in [0.15, 0.2) is 0 Å². The van der Waals surface area contributed by atoms with Gasteiger partial charge in [-0.15, -0.1) is 0 Å². The molecule has 0 saturated carbocycles. The summed E-state index contributed by atoms with van der Waals surface area (Å²) in [5.74, 6) is -1.07. The van der Waals surface area contributed by atoms with Gasteiger partial charge in [-0.1, -0.05) is 13.8 Å². The SMILES string of the molecule is CC1(C)CCCN(CCSC(F)(F)F)C1C(=O)O. The third-order valence-corrected chi connectivity index (χ3v) is 3.96. The molecule has 1 aliphatic heterocycles. The topological polar surface area (TPSA) is 40.5 Å². The van der Waals surface area contributed by atoms with Gasteiger partial charge in [-0.3, -0.25) is 9.69 Å². The number of thioether (sulfide) groups is 1. The highest BCUT2D eigenvalue weighted by Gasteiger charge is 2.42. The van der Waals surface area contributed by atoms with Gasteiger partial charge in [-0.05, 0) is 36.6 Å². The molecule has 106 valence electrons. The van der Waals surface area contributed by atoms with E-state index in [1.165, 1.54) is 0 Å². The highest BCUT2D eigenvalue weighted by atomic mass is 32.2. The van der Waals surface area contributed by atoms with Crippen molar-refractivity contribution in [3.8, 4) is 0 Å². The molecule has 1 aliphatic rings. The Balaban J connectivity index is 2.59. The van der Waals surface area contributed by atoms with Crippen molar-refractivity contribution in [1.29, 1.82) is 0 Å². The lowest BCUT2D eigenvalue weighted by Gasteiger charge is -2.44. The normalized spacial score (nSPS) is 25.1. The first-order valence-corrected chi connectivity index (χ1v) is 6.79. The average molecular weight is 285 g/mol. The van der Waals surface area contributed by atoms with Crippen LogP contribution in [-0.2, 0) is 4.79 Å². The number of alkyl halides is 3. The number of hydrogen-bond acceptors (Lipinski definition) is 3. The summed E-state index contributed by atoms with van der Waals surface area (Å²) >= 11 is -0.0935. The van der Waals surface area contributed by atoms with Crippen LogP contribution in [0.3, 0.4) is 0 Å². The molecule has 0 amide bonds. The molecule has 3 nitrogen and oxygen atoms in total. The predicted molar refractivity (Wildman–Crippen MR) is 64.5 cm³/mol. The molecular weight excluding hydrogens is 267 g/mol. The van der Waals surface area contributed by atoms with Gasteiger partial charge in [0.15, 0.2) is 0 Å². The number of carbonyl (C=O) groups is 1. The number of halogens is 3. The molecule has 1 unspecified atom stereocenters. The van der Waals surface area contributed by atoms with Crippen molar-refractivity contribution in [2.75, 3.05) is 18.8 Å². The lowest BCUT2D eigenvalue weighted by Crippen LogP contribution is -2.54. The van der Waals surface area contributed by atoms with Crippen LogP contribution >= 0.6 is 11.8 Å². The monoisotopic (exact) mass is 285 g/mol. The maximum absolute atomic E-state index is 12.0. The van der Waals surface area contributed by atoms with Crippen LogP contribution < -0.4 is 0 Å². The summed E-state index contributed by atoms with van der Waals surface area (Å²) in [5.41, 5.74) is -4.64. The number of carboxylic acid groups (broad SMARTS) is 1. The van der Waals surface area contributed by atoms with E-state index in [0.717, 1.165) is 12.8 Å². The van der Waals surface area contributed by atoms with E-state index < -0.39 is 22.9 Å². The van der Waals surface area contributed by atoms with Crippen LogP contribution in [0.1, 0.15) is 26.7 Å². The molecule has 1 N–H and O–H groups in total. The minimum Gasteiger partial charge on any atom is -0.480 e. The first kappa shape index (κ1) is 15.6. The third-order valence-electron chi connectivity index (χ3n) is 3.25. The molecule has 1 fully saturated rings. The fourth-order valence-electron chi connectivity index (χ4n) is 2.51. The average Bonchev–Trinajstić information content (AvgIpc) is 2.13. The summed E-state index contributed by atoms with van der Waals surface area (Å²) in [6.45, 7) is 4.42. The highest BCUT2D eigenvalue weighted by Crippen LogP contribution is 2.36. The van der Waals surface area contributed by atoms with E-state index in [4.69, 9.17) is 0 Å². The fraction of sp³-hybridized carbons (Fsp3) is 0.909. The second-order valence-electron chi connectivity index (χ2n) is 5.16. The van der Waals surface area contributed by atoms with Crippen LogP contribution in [0, 0.1) is 5.41 Å². The number of nitrogens with zero attached hydrogens (tertiary/aromatic N) is 1. The van der Waals surface area contributed by atoms with Gasteiger partial charge < -0.3 is 5.11 Å². The van der Waals surface area contributed by atoms with Gasteiger partial charge in [0.2, 0.25) is 0 Å². The van der Waals surface area contributed by atoms with Gasteiger partial charge in [0.05, 0.1) is 0 Å². The Morgan fingerprint density at radius 1 is 1.50 bits per heavy atom. The van der Waals surface area contributed by atoms with Crippen molar-refractivity contribution in [3.05, 3.63) is 0 Å². The van der Waals surface area contributed by atoms with Gasteiger partial charge in [-0.2, -0.15) is 13.2 Å². The lowest BCUT2D eigenvalue weighted by atomic mass is 9.76. The molecule has 0 aromatic rings. The number of piperidine rings is 1. The predicted octanol–water partition coefficient (Wildman–Crippen LogP) is 2.81. The number of aliphatic carboxylic acids is 1. The van der Waals surface area contributed by atoms with Crippen LogP contribution in [0.2, 0.25) is 0 Å². The first-order valence-electron chi connectivity index (χ1n) is 5.81. The number of likely N-dealkylation sites (tertiary alicyclic amines) is 1. The Bertz CT molecular complexity index is 307. The van der Waals surface area contributed by atoms with Crippen molar-refractivity contribution in [1.82, 2.24) is 4.90 Å². The Morgan fingerprint density at radius 3 is 2.61 bits per heavy atom. The molecule has 0 radical (unpaired) electrons. The third kappa shape index (κ3) is 4.35. The van der Waals surface area contributed by atoms with E-state index in [1.54, 1.807) is 4.90 Å². The number of carboxylic acids is 1. The Kier molecular flexibility index (Phi) is 4.94. The largest absolute Gasteiger partial charge is 0.480 e. The van der Waals surface area contributed by atoms with Crippen molar-refractivity contribution < 1.29 is 23.1 Å². The zero-order valence-electron chi connectivity index (χ0n) is 10.5. The Hall–Kier alpha value is -0.430. The molecule has 0 spiro atoms. The van der Waals surface area contributed by atoms with E-state index in [1.807, 2.05) is 13.8 Å². The molecule has 18 heavy (non-hydrogen) atoms. The standard InChI is InChI=1S/C11H18F3NO2S/c1-10(2)4-3-5-15(8(10)9(16)17)6-7-18-11(12,13)14/h8H,3-7H2,1-2H3,(H,16,17). The smallest absolute Gasteiger partial charge is 0.441 e. The van der Waals surface area contributed by atoms with E-state index in [-0.39, 0.29) is 24.1 Å². The summed E-state index contributed by atoms with van der Waals surface area (Å²) in [5, 5.41) is 9.23. The summed E-state index contributed by atoms with van der Waals surface area (Å²) in [6, 6.07) is -0.694.